The molecule has 1 saturated heterocycles. The Balaban J connectivity index is 1.92. The maximum absolute atomic E-state index is 13.4. The first-order valence-electron chi connectivity index (χ1n) is 9.93. The van der Waals surface area contributed by atoms with Gasteiger partial charge in [0, 0.05) is 17.2 Å². The Morgan fingerprint density at radius 1 is 1.00 bits per heavy atom. The van der Waals surface area contributed by atoms with Crippen LogP contribution in [0.1, 0.15) is 5.56 Å². The van der Waals surface area contributed by atoms with E-state index < -0.39 is 54.2 Å². The minimum atomic E-state index is -1.80. The molecule has 1 aliphatic heterocycles. The summed E-state index contributed by atoms with van der Waals surface area (Å²) < 4.78 is 16.7. The molecule has 2 heterocycles. The summed E-state index contributed by atoms with van der Waals surface area (Å²) in [5.74, 6) is -1.63. The summed E-state index contributed by atoms with van der Waals surface area (Å²) in [5, 5.41) is 69.5. The molecule has 1 fully saturated rings. The lowest BCUT2D eigenvalue weighted by Crippen LogP contribution is -2.60. The fourth-order valence-electron chi connectivity index (χ4n) is 3.59. The molecular weight excluding hydrogens is 440 g/mol. The van der Waals surface area contributed by atoms with Crippen LogP contribution in [0.4, 0.5) is 0 Å². The zero-order valence-electron chi connectivity index (χ0n) is 17.2. The summed E-state index contributed by atoms with van der Waals surface area (Å²) in [5.41, 5.74) is -0.765. The van der Waals surface area contributed by atoms with Crippen LogP contribution in [0.3, 0.4) is 0 Å². The van der Waals surface area contributed by atoms with Gasteiger partial charge in [-0.05, 0) is 31.2 Å². The van der Waals surface area contributed by atoms with E-state index in [4.69, 9.17) is 13.9 Å². The average molecular weight is 462 g/mol. The Bertz CT molecular complexity index is 1230. The van der Waals surface area contributed by atoms with Gasteiger partial charge in [0.1, 0.15) is 52.6 Å². The van der Waals surface area contributed by atoms with Crippen molar-refractivity contribution >= 4 is 11.0 Å². The molecule has 0 spiro atoms. The van der Waals surface area contributed by atoms with Crippen molar-refractivity contribution in [3.05, 3.63) is 46.1 Å². The van der Waals surface area contributed by atoms with Gasteiger partial charge in [-0.25, -0.2) is 0 Å². The second-order valence-corrected chi connectivity index (χ2v) is 7.69. The molecule has 4 rings (SSSR count). The van der Waals surface area contributed by atoms with E-state index >= 15 is 0 Å². The maximum atomic E-state index is 13.4. The third-order valence-electron chi connectivity index (χ3n) is 5.55. The zero-order valence-corrected chi connectivity index (χ0v) is 17.2. The van der Waals surface area contributed by atoms with Gasteiger partial charge in [-0.2, -0.15) is 0 Å². The molecule has 0 saturated carbocycles. The standard InChI is InChI=1S/C22H22O11/c1-8-11(25)6-12-14(15(8)26)17(28)21(20(31-12)9-2-4-10(24)5-3-9)33-22-19(30)18(29)16(27)13(7-23)32-22/h2-6,13,16,18-19,22-27,29-30H,7H2,1H3/t13-,16-,18?,19?,22-/m1/s1. The van der Waals surface area contributed by atoms with E-state index in [9.17, 15) is 40.5 Å². The van der Waals surface area contributed by atoms with Crippen molar-refractivity contribution < 1.29 is 49.6 Å². The summed E-state index contributed by atoms with van der Waals surface area (Å²) in [7, 11) is 0. The van der Waals surface area contributed by atoms with Crippen LogP contribution in [-0.4, -0.2) is 73.1 Å². The molecule has 5 atom stereocenters. The Hall–Kier alpha value is -3.35. The largest absolute Gasteiger partial charge is 0.508 e. The number of hydrogen-bond donors (Lipinski definition) is 7. The first-order chi connectivity index (χ1) is 15.6. The molecule has 2 unspecified atom stereocenters. The number of aromatic hydroxyl groups is 3. The van der Waals surface area contributed by atoms with Gasteiger partial charge >= 0.3 is 0 Å². The van der Waals surface area contributed by atoms with Crippen LogP contribution < -0.4 is 10.2 Å². The van der Waals surface area contributed by atoms with E-state index in [2.05, 4.69) is 0 Å². The SMILES string of the molecule is Cc1c(O)cc2oc(-c3ccc(O)cc3)c(O[C@H]3O[C@H](CO)[C@@H](O)C(O)C3O)c(=O)c2c1O. The molecule has 1 aliphatic rings. The Kier molecular flexibility index (Phi) is 5.91. The van der Waals surface area contributed by atoms with Crippen molar-refractivity contribution in [1.29, 1.82) is 0 Å². The van der Waals surface area contributed by atoms with Gasteiger partial charge in [-0.15, -0.1) is 0 Å². The highest BCUT2D eigenvalue weighted by Gasteiger charge is 2.45. The summed E-state index contributed by atoms with van der Waals surface area (Å²) in [6, 6.07) is 6.61. The van der Waals surface area contributed by atoms with Crippen molar-refractivity contribution in [2.45, 2.75) is 37.6 Å². The van der Waals surface area contributed by atoms with Crippen LogP contribution in [0.25, 0.3) is 22.3 Å². The van der Waals surface area contributed by atoms with Gasteiger partial charge in [0.2, 0.25) is 17.5 Å². The van der Waals surface area contributed by atoms with Gasteiger partial charge in [-0.3, -0.25) is 4.79 Å². The van der Waals surface area contributed by atoms with Crippen molar-refractivity contribution in [3.63, 3.8) is 0 Å². The van der Waals surface area contributed by atoms with Crippen LogP contribution >= 0.6 is 0 Å². The lowest BCUT2D eigenvalue weighted by Gasteiger charge is -2.39. The second-order valence-electron chi connectivity index (χ2n) is 7.69. The van der Waals surface area contributed by atoms with E-state index in [-0.39, 0.29) is 39.4 Å². The molecule has 0 amide bonds. The second kappa shape index (κ2) is 8.54. The molecule has 7 N–H and O–H groups in total. The van der Waals surface area contributed by atoms with Crippen LogP contribution in [-0.2, 0) is 4.74 Å². The van der Waals surface area contributed by atoms with Crippen molar-refractivity contribution in [2.24, 2.45) is 0 Å². The molecule has 176 valence electrons. The van der Waals surface area contributed by atoms with E-state index in [0.29, 0.717) is 0 Å². The number of aliphatic hydroxyl groups is 4. The smallest absolute Gasteiger partial charge is 0.239 e. The number of fused-ring (bicyclic) bond motifs is 1. The molecular formula is C22H22O11. The van der Waals surface area contributed by atoms with Crippen LogP contribution in [0, 0.1) is 6.92 Å². The first-order valence-corrected chi connectivity index (χ1v) is 9.93. The molecule has 0 aliphatic carbocycles. The Labute approximate surface area is 185 Å². The van der Waals surface area contributed by atoms with E-state index in [1.807, 2.05) is 0 Å². The number of hydrogen-bond acceptors (Lipinski definition) is 11. The highest BCUT2D eigenvalue weighted by molar-refractivity contribution is 5.89. The van der Waals surface area contributed by atoms with E-state index in [0.717, 1.165) is 6.07 Å². The fourth-order valence-corrected chi connectivity index (χ4v) is 3.59. The lowest BCUT2D eigenvalue weighted by molar-refractivity contribution is -0.277. The highest BCUT2D eigenvalue weighted by atomic mass is 16.7. The summed E-state index contributed by atoms with van der Waals surface area (Å²) in [6.45, 7) is 0.677. The highest BCUT2D eigenvalue weighted by Crippen LogP contribution is 2.39. The maximum Gasteiger partial charge on any atom is 0.239 e. The summed E-state index contributed by atoms with van der Waals surface area (Å²) >= 11 is 0. The van der Waals surface area contributed by atoms with Crippen molar-refractivity contribution in [2.75, 3.05) is 6.61 Å². The average Bonchev–Trinajstić information content (AvgIpc) is 2.79. The number of rotatable bonds is 4. The monoisotopic (exact) mass is 462 g/mol. The topological polar surface area (TPSA) is 190 Å². The van der Waals surface area contributed by atoms with Crippen LogP contribution in [0.15, 0.2) is 39.5 Å². The molecule has 0 radical (unpaired) electrons. The lowest BCUT2D eigenvalue weighted by atomic mass is 9.99. The quantitative estimate of drug-likeness (QED) is 0.278. The number of benzene rings is 2. The minimum absolute atomic E-state index is 0.0194. The predicted molar refractivity (Wildman–Crippen MR) is 112 cm³/mol. The van der Waals surface area contributed by atoms with Gasteiger partial charge in [0.05, 0.1) is 6.61 Å². The number of aliphatic hydroxyl groups excluding tert-OH is 4. The van der Waals surface area contributed by atoms with Crippen molar-refractivity contribution in [1.82, 2.24) is 0 Å². The summed E-state index contributed by atoms with van der Waals surface area (Å²) in [4.78, 5) is 13.4. The summed E-state index contributed by atoms with van der Waals surface area (Å²) in [6.07, 6.45) is -8.18. The Morgan fingerprint density at radius 3 is 2.30 bits per heavy atom. The van der Waals surface area contributed by atoms with E-state index in [1.165, 1.54) is 31.2 Å². The van der Waals surface area contributed by atoms with E-state index in [1.54, 1.807) is 0 Å². The molecule has 0 bridgehead atoms. The molecule has 11 heteroatoms. The first kappa shape index (κ1) is 22.8. The minimum Gasteiger partial charge on any atom is -0.508 e. The molecule has 11 nitrogen and oxygen atoms in total. The molecule has 2 aromatic carbocycles. The Morgan fingerprint density at radius 2 is 1.67 bits per heavy atom. The van der Waals surface area contributed by atoms with Gasteiger partial charge in [-0.1, -0.05) is 0 Å². The fraction of sp³-hybridized carbons (Fsp3) is 0.318. The van der Waals surface area contributed by atoms with Crippen LogP contribution in [0.5, 0.6) is 23.0 Å². The third kappa shape index (κ3) is 3.86. The number of phenolic OH excluding ortho intramolecular Hbond substituents is 3. The van der Waals surface area contributed by atoms with Gasteiger partial charge in [0.25, 0.3) is 0 Å². The number of ether oxygens (including phenoxy) is 2. The number of phenols is 3. The molecule has 1 aromatic heterocycles. The van der Waals surface area contributed by atoms with Gasteiger partial charge < -0.3 is 49.6 Å². The molecule has 33 heavy (non-hydrogen) atoms. The zero-order chi connectivity index (χ0) is 24.0. The predicted octanol–water partition coefficient (Wildman–Crippen LogP) is 0.0639. The molecule has 3 aromatic rings. The van der Waals surface area contributed by atoms with Crippen molar-refractivity contribution in [3.8, 4) is 34.3 Å². The third-order valence-corrected chi connectivity index (χ3v) is 5.55. The van der Waals surface area contributed by atoms with Gasteiger partial charge in [0.15, 0.2) is 5.76 Å². The van der Waals surface area contributed by atoms with Crippen LogP contribution in [0.2, 0.25) is 0 Å². The normalized spacial score (nSPS) is 25.3.